The zero-order valence-electron chi connectivity index (χ0n) is 8.36. The Balaban J connectivity index is 2.46. The average molecular weight is 210 g/mol. The lowest BCUT2D eigenvalue weighted by atomic mass is 10.1. The molecule has 5 heteroatoms. The van der Waals surface area contributed by atoms with Gasteiger partial charge in [-0.15, -0.1) is 12.3 Å². The van der Waals surface area contributed by atoms with Gasteiger partial charge >= 0.3 is 0 Å². The Bertz CT molecular complexity index is 290. The number of ether oxygens (including phenoxy) is 1. The largest absolute Gasteiger partial charge is 0.368 e. The van der Waals surface area contributed by atoms with Crippen LogP contribution in [0.15, 0.2) is 0 Å². The summed E-state index contributed by atoms with van der Waals surface area (Å²) in [5.74, 6) is 1.35. The van der Waals surface area contributed by atoms with Gasteiger partial charge in [-0.05, 0) is 12.8 Å². The maximum atomic E-state index is 11.5. The minimum absolute atomic E-state index is 0.105. The van der Waals surface area contributed by atoms with E-state index >= 15 is 0 Å². The molecule has 1 saturated heterocycles. The van der Waals surface area contributed by atoms with Crippen molar-refractivity contribution in [1.82, 2.24) is 5.32 Å². The van der Waals surface area contributed by atoms with Crippen LogP contribution in [-0.4, -0.2) is 30.6 Å². The normalized spacial score (nSPS) is 21.7. The molecule has 1 aliphatic heterocycles. The molecule has 0 aromatic carbocycles. The van der Waals surface area contributed by atoms with Crippen molar-refractivity contribution in [2.45, 2.75) is 31.4 Å². The molecule has 0 spiro atoms. The smallest absolute Gasteiger partial charge is 0.249 e. The minimum Gasteiger partial charge on any atom is -0.368 e. The summed E-state index contributed by atoms with van der Waals surface area (Å²) in [5, 5.41) is 2.48. The Kier molecular flexibility index (Phi) is 4.13. The van der Waals surface area contributed by atoms with Crippen molar-refractivity contribution in [2.75, 3.05) is 6.61 Å². The van der Waals surface area contributed by atoms with E-state index in [-0.39, 0.29) is 12.3 Å². The number of hydrogen-bond acceptors (Lipinski definition) is 3. The fraction of sp³-hybridized carbons (Fsp3) is 0.600. The summed E-state index contributed by atoms with van der Waals surface area (Å²) in [5.41, 5.74) is 5.08. The van der Waals surface area contributed by atoms with Gasteiger partial charge in [0.2, 0.25) is 11.8 Å². The molecule has 15 heavy (non-hydrogen) atoms. The topological polar surface area (TPSA) is 81.4 Å². The summed E-state index contributed by atoms with van der Waals surface area (Å²) in [4.78, 5) is 22.4. The Morgan fingerprint density at radius 1 is 1.67 bits per heavy atom. The van der Waals surface area contributed by atoms with E-state index in [1.807, 2.05) is 0 Å². The maximum Gasteiger partial charge on any atom is 0.249 e. The van der Waals surface area contributed by atoms with Crippen LogP contribution < -0.4 is 11.1 Å². The molecule has 2 atom stereocenters. The molecule has 82 valence electrons. The van der Waals surface area contributed by atoms with Crippen LogP contribution in [0.2, 0.25) is 0 Å². The second-order valence-corrected chi connectivity index (χ2v) is 3.37. The van der Waals surface area contributed by atoms with E-state index in [0.29, 0.717) is 13.0 Å². The molecule has 0 radical (unpaired) electrons. The van der Waals surface area contributed by atoms with Crippen LogP contribution >= 0.6 is 0 Å². The molecule has 0 aliphatic carbocycles. The van der Waals surface area contributed by atoms with E-state index in [9.17, 15) is 9.59 Å². The summed E-state index contributed by atoms with van der Waals surface area (Å²) in [6.07, 6.45) is 6.22. The first-order valence-corrected chi connectivity index (χ1v) is 4.80. The van der Waals surface area contributed by atoms with Crippen LogP contribution in [0.1, 0.15) is 19.3 Å². The number of rotatable bonds is 4. The Morgan fingerprint density at radius 2 is 2.40 bits per heavy atom. The lowest BCUT2D eigenvalue weighted by Crippen LogP contribution is -2.47. The van der Waals surface area contributed by atoms with E-state index < -0.39 is 18.1 Å². The Hall–Kier alpha value is -1.54. The summed E-state index contributed by atoms with van der Waals surface area (Å²) in [6.45, 7) is 0.578. The van der Waals surface area contributed by atoms with Crippen LogP contribution in [0.5, 0.6) is 0 Å². The third kappa shape index (κ3) is 3.26. The number of terminal acetylenes is 1. The molecular formula is C10H14N2O3. The van der Waals surface area contributed by atoms with Crippen LogP contribution in [-0.2, 0) is 14.3 Å². The first kappa shape index (κ1) is 11.5. The molecule has 0 aromatic heterocycles. The Labute approximate surface area is 88.3 Å². The van der Waals surface area contributed by atoms with E-state index in [1.165, 1.54) is 0 Å². The summed E-state index contributed by atoms with van der Waals surface area (Å²) in [6, 6.07) is -0.799. The first-order chi connectivity index (χ1) is 7.15. The molecule has 0 bridgehead atoms. The van der Waals surface area contributed by atoms with E-state index in [0.717, 1.165) is 6.42 Å². The molecular weight excluding hydrogens is 196 g/mol. The van der Waals surface area contributed by atoms with Crippen molar-refractivity contribution >= 4 is 11.8 Å². The van der Waals surface area contributed by atoms with E-state index in [2.05, 4.69) is 11.2 Å². The lowest BCUT2D eigenvalue weighted by molar-refractivity contribution is -0.133. The highest BCUT2D eigenvalue weighted by Crippen LogP contribution is 2.12. The number of primary amides is 1. The van der Waals surface area contributed by atoms with Gasteiger partial charge in [0.15, 0.2) is 0 Å². The monoisotopic (exact) mass is 210 g/mol. The van der Waals surface area contributed by atoms with Gasteiger partial charge in [0, 0.05) is 13.0 Å². The minimum atomic E-state index is -0.799. The first-order valence-electron chi connectivity index (χ1n) is 4.80. The SMILES string of the molecule is C#CC[C@H](NC(=O)[C@H]1CCCO1)C(N)=O. The molecule has 1 fully saturated rings. The van der Waals surface area contributed by atoms with E-state index in [1.54, 1.807) is 0 Å². The van der Waals surface area contributed by atoms with Crippen LogP contribution in [0.3, 0.4) is 0 Å². The van der Waals surface area contributed by atoms with Gasteiger partial charge in [0.1, 0.15) is 12.1 Å². The van der Waals surface area contributed by atoms with Crippen molar-refractivity contribution < 1.29 is 14.3 Å². The highest BCUT2D eigenvalue weighted by Gasteiger charge is 2.26. The highest BCUT2D eigenvalue weighted by atomic mass is 16.5. The number of nitrogens with one attached hydrogen (secondary N) is 1. The van der Waals surface area contributed by atoms with Crippen molar-refractivity contribution in [3.05, 3.63) is 0 Å². The zero-order chi connectivity index (χ0) is 11.3. The molecule has 1 rings (SSSR count). The van der Waals surface area contributed by atoms with Crippen molar-refractivity contribution in [1.29, 1.82) is 0 Å². The van der Waals surface area contributed by atoms with Crippen LogP contribution in [0, 0.1) is 12.3 Å². The van der Waals surface area contributed by atoms with Gasteiger partial charge in [-0.2, -0.15) is 0 Å². The van der Waals surface area contributed by atoms with Crippen LogP contribution in [0.25, 0.3) is 0 Å². The molecule has 1 heterocycles. The molecule has 5 nitrogen and oxygen atoms in total. The highest BCUT2D eigenvalue weighted by molar-refractivity contribution is 5.88. The summed E-state index contributed by atoms with van der Waals surface area (Å²) >= 11 is 0. The summed E-state index contributed by atoms with van der Waals surface area (Å²) in [7, 11) is 0. The molecule has 3 N–H and O–H groups in total. The molecule has 0 aromatic rings. The number of carbonyl (C=O) groups excluding carboxylic acids is 2. The average Bonchev–Trinajstić information content (AvgIpc) is 2.69. The van der Waals surface area contributed by atoms with Gasteiger partial charge in [-0.3, -0.25) is 9.59 Å². The number of amides is 2. The van der Waals surface area contributed by atoms with Crippen molar-refractivity contribution in [3.63, 3.8) is 0 Å². The lowest BCUT2D eigenvalue weighted by Gasteiger charge is -2.15. The fourth-order valence-corrected chi connectivity index (χ4v) is 1.39. The maximum absolute atomic E-state index is 11.5. The molecule has 0 unspecified atom stereocenters. The number of nitrogens with two attached hydrogens (primary N) is 1. The van der Waals surface area contributed by atoms with Gasteiger partial charge in [0.05, 0.1) is 0 Å². The molecule has 2 amide bonds. The second-order valence-electron chi connectivity index (χ2n) is 3.37. The number of carbonyl (C=O) groups is 2. The predicted molar refractivity (Wildman–Crippen MR) is 53.5 cm³/mol. The predicted octanol–water partition coefficient (Wildman–Crippen LogP) is -0.841. The van der Waals surface area contributed by atoms with Crippen molar-refractivity contribution in [3.8, 4) is 12.3 Å². The molecule has 1 aliphatic rings. The van der Waals surface area contributed by atoms with Gasteiger partial charge in [0.25, 0.3) is 0 Å². The Morgan fingerprint density at radius 3 is 2.87 bits per heavy atom. The van der Waals surface area contributed by atoms with E-state index in [4.69, 9.17) is 16.9 Å². The number of hydrogen-bond donors (Lipinski definition) is 2. The quantitative estimate of drug-likeness (QED) is 0.593. The molecule has 0 saturated carbocycles. The van der Waals surface area contributed by atoms with Crippen LogP contribution in [0.4, 0.5) is 0 Å². The van der Waals surface area contributed by atoms with Gasteiger partial charge < -0.3 is 15.8 Å². The fourth-order valence-electron chi connectivity index (χ4n) is 1.39. The zero-order valence-corrected chi connectivity index (χ0v) is 8.36. The van der Waals surface area contributed by atoms with Gasteiger partial charge in [-0.25, -0.2) is 0 Å². The van der Waals surface area contributed by atoms with Gasteiger partial charge in [-0.1, -0.05) is 0 Å². The second kappa shape index (κ2) is 5.37. The third-order valence-corrected chi connectivity index (χ3v) is 2.20. The summed E-state index contributed by atoms with van der Waals surface area (Å²) < 4.78 is 5.16. The van der Waals surface area contributed by atoms with Crippen molar-refractivity contribution in [2.24, 2.45) is 5.73 Å². The standard InChI is InChI=1S/C10H14N2O3/c1-2-4-7(9(11)13)12-10(14)8-5-3-6-15-8/h1,7-8H,3-6H2,(H2,11,13)(H,12,14)/t7-,8+/m0/s1. The third-order valence-electron chi connectivity index (χ3n) is 2.20.